The number of rotatable bonds is 5. The predicted octanol–water partition coefficient (Wildman–Crippen LogP) is 2.90. The zero-order chi connectivity index (χ0) is 14.5. The first-order valence-electron chi connectivity index (χ1n) is 7.62. The van der Waals surface area contributed by atoms with Crippen molar-refractivity contribution in [1.29, 1.82) is 0 Å². The first-order chi connectivity index (χ1) is 10.4. The van der Waals surface area contributed by atoms with Gasteiger partial charge in [-0.15, -0.1) is 0 Å². The number of methoxy groups -OCH3 is 1. The molecule has 112 valence electrons. The van der Waals surface area contributed by atoms with Crippen LogP contribution >= 0.6 is 0 Å². The van der Waals surface area contributed by atoms with Gasteiger partial charge < -0.3 is 14.8 Å². The number of nitrogens with one attached hydrogen (secondary N) is 1. The number of benzene rings is 1. The van der Waals surface area contributed by atoms with E-state index in [1.165, 1.54) is 12.8 Å². The molecule has 0 radical (unpaired) electrons. The van der Waals surface area contributed by atoms with Crippen LogP contribution in [0.3, 0.4) is 0 Å². The van der Waals surface area contributed by atoms with Crippen molar-refractivity contribution in [2.24, 2.45) is 0 Å². The molecule has 4 nitrogen and oxygen atoms in total. The van der Waals surface area contributed by atoms with E-state index in [-0.39, 0.29) is 0 Å². The lowest BCUT2D eigenvalue weighted by Crippen LogP contribution is -2.31. The summed E-state index contributed by atoms with van der Waals surface area (Å²) >= 11 is 0. The van der Waals surface area contributed by atoms with Crippen molar-refractivity contribution in [3.63, 3.8) is 0 Å². The first-order valence-corrected chi connectivity index (χ1v) is 7.62. The maximum Gasteiger partial charge on any atom is 0.145 e. The van der Waals surface area contributed by atoms with Gasteiger partial charge in [-0.1, -0.05) is 18.2 Å². The molecule has 0 aliphatic carbocycles. The topological polar surface area (TPSA) is 43.4 Å². The molecule has 3 rings (SSSR count). The molecule has 1 atom stereocenters. The molecule has 1 aromatic heterocycles. The Bertz CT molecular complexity index is 594. The molecular formula is C17H22N2O2. The van der Waals surface area contributed by atoms with E-state index >= 15 is 0 Å². The van der Waals surface area contributed by atoms with Gasteiger partial charge in [-0.25, -0.2) is 4.98 Å². The minimum Gasteiger partial charge on any atom is -0.494 e. The van der Waals surface area contributed by atoms with Gasteiger partial charge in [0.25, 0.3) is 0 Å². The van der Waals surface area contributed by atoms with Crippen LogP contribution in [0.1, 0.15) is 25.0 Å². The molecule has 0 spiro atoms. The summed E-state index contributed by atoms with van der Waals surface area (Å²) in [6, 6.07) is 10.1. The van der Waals surface area contributed by atoms with Crippen molar-refractivity contribution < 1.29 is 9.47 Å². The number of fused-ring (bicyclic) bond motifs is 1. The first kappa shape index (κ1) is 14.3. The third kappa shape index (κ3) is 3.52. The van der Waals surface area contributed by atoms with Gasteiger partial charge in [0.2, 0.25) is 0 Å². The van der Waals surface area contributed by atoms with Crippen molar-refractivity contribution in [2.75, 3.05) is 20.3 Å². The van der Waals surface area contributed by atoms with Gasteiger partial charge in [-0.3, -0.25) is 0 Å². The van der Waals surface area contributed by atoms with Crippen LogP contribution in [-0.4, -0.2) is 31.3 Å². The van der Waals surface area contributed by atoms with E-state index in [2.05, 4.69) is 23.5 Å². The molecule has 0 saturated carbocycles. The smallest absolute Gasteiger partial charge is 0.145 e. The van der Waals surface area contributed by atoms with E-state index in [4.69, 9.17) is 14.5 Å². The standard InChI is InChI=1S/C17H22N2O2/c1-20-16-7-4-5-13-8-9-14(19-17(13)16)11-18-12-15-6-2-3-10-21-15/h4-5,7-9,15,18H,2-3,6,10-12H2,1H3. The fourth-order valence-corrected chi connectivity index (χ4v) is 2.75. The van der Waals surface area contributed by atoms with E-state index in [1.807, 2.05) is 12.1 Å². The molecule has 21 heavy (non-hydrogen) atoms. The number of hydrogen-bond acceptors (Lipinski definition) is 4. The predicted molar refractivity (Wildman–Crippen MR) is 83.6 cm³/mol. The van der Waals surface area contributed by atoms with E-state index < -0.39 is 0 Å². The van der Waals surface area contributed by atoms with Crippen molar-refractivity contribution in [1.82, 2.24) is 10.3 Å². The number of nitrogens with zero attached hydrogens (tertiary/aromatic N) is 1. The Balaban J connectivity index is 1.64. The van der Waals surface area contributed by atoms with Crippen LogP contribution in [0.15, 0.2) is 30.3 Å². The van der Waals surface area contributed by atoms with Gasteiger partial charge in [0.1, 0.15) is 11.3 Å². The van der Waals surface area contributed by atoms with Crippen LogP contribution in [0.4, 0.5) is 0 Å². The summed E-state index contributed by atoms with van der Waals surface area (Å²) in [7, 11) is 1.68. The maximum absolute atomic E-state index is 5.72. The minimum absolute atomic E-state index is 0.355. The Morgan fingerprint density at radius 1 is 1.29 bits per heavy atom. The van der Waals surface area contributed by atoms with Crippen molar-refractivity contribution in [3.05, 3.63) is 36.0 Å². The summed E-state index contributed by atoms with van der Waals surface area (Å²) in [6.45, 7) is 2.55. The lowest BCUT2D eigenvalue weighted by atomic mass is 10.1. The maximum atomic E-state index is 5.72. The van der Waals surface area contributed by atoms with Gasteiger partial charge in [-0.05, 0) is 31.4 Å². The van der Waals surface area contributed by atoms with Gasteiger partial charge in [0, 0.05) is 25.1 Å². The quantitative estimate of drug-likeness (QED) is 0.918. The molecule has 1 aliphatic heterocycles. The summed E-state index contributed by atoms with van der Waals surface area (Å²) < 4.78 is 11.1. The number of hydrogen-bond donors (Lipinski definition) is 1. The fourth-order valence-electron chi connectivity index (χ4n) is 2.75. The summed E-state index contributed by atoms with van der Waals surface area (Å²) in [5.74, 6) is 0.824. The molecule has 1 aromatic carbocycles. The molecule has 4 heteroatoms. The summed E-state index contributed by atoms with van der Waals surface area (Å²) in [5.41, 5.74) is 1.95. The Labute approximate surface area is 125 Å². The van der Waals surface area contributed by atoms with Gasteiger partial charge in [-0.2, -0.15) is 0 Å². The molecule has 0 bridgehead atoms. The molecule has 0 amide bonds. The van der Waals surface area contributed by atoms with Gasteiger partial charge >= 0.3 is 0 Å². The van der Waals surface area contributed by atoms with Crippen LogP contribution in [0.25, 0.3) is 10.9 Å². The van der Waals surface area contributed by atoms with E-state index in [0.29, 0.717) is 6.10 Å². The van der Waals surface area contributed by atoms with Crippen molar-refractivity contribution >= 4 is 10.9 Å². The largest absolute Gasteiger partial charge is 0.494 e. The fraction of sp³-hybridized carbons (Fsp3) is 0.471. The van der Waals surface area contributed by atoms with E-state index in [0.717, 1.165) is 48.5 Å². The second-order valence-electron chi connectivity index (χ2n) is 5.45. The number of pyridine rings is 1. The molecule has 2 aromatic rings. The average molecular weight is 286 g/mol. The molecule has 2 heterocycles. The zero-order valence-electron chi connectivity index (χ0n) is 12.5. The van der Waals surface area contributed by atoms with E-state index in [9.17, 15) is 0 Å². The SMILES string of the molecule is COc1cccc2ccc(CNCC3CCCCO3)nc12. The third-order valence-electron chi connectivity index (χ3n) is 3.91. The highest BCUT2D eigenvalue weighted by molar-refractivity contribution is 5.84. The summed E-state index contributed by atoms with van der Waals surface area (Å²) in [5, 5.41) is 4.55. The monoisotopic (exact) mass is 286 g/mol. The number of ether oxygens (including phenoxy) is 2. The Morgan fingerprint density at radius 2 is 2.24 bits per heavy atom. The lowest BCUT2D eigenvalue weighted by Gasteiger charge is -2.22. The van der Waals surface area contributed by atoms with Crippen LogP contribution in [0.2, 0.25) is 0 Å². The number of aromatic nitrogens is 1. The Morgan fingerprint density at radius 3 is 3.05 bits per heavy atom. The van der Waals surface area contributed by atoms with Crippen molar-refractivity contribution in [3.8, 4) is 5.75 Å². The highest BCUT2D eigenvalue weighted by Crippen LogP contribution is 2.23. The summed E-state index contributed by atoms with van der Waals surface area (Å²) in [6.07, 6.45) is 3.99. The molecule has 1 unspecified atom stereocenters. The van der Waals surface area contributed by atoms with Gasteiger partial charge in [0.05, 0.1) is 18.9 Å². The molecular weight excluding hydrogens is 264 g/mol. The summed E-state index contributed by atoms with van der Waals surface area (Å²) in [4.78, 5) is 4.70. The molecule has 1 N–H and O–H groups in total. The normalized spacial score (nSPS) is 18.8. The van der Waals surface area contributed by atoms with E-state index in [1.54, 1.807) is 7.11 Å². The van der Waals surface area contributed by atoms with Crippen LogP contribution in [0.5, 0.6) is 5.75 Å². The van der Waals surface area contributed by atoms with Gasteiger partial charge in [0.15, 0.2) is 0 Å². The average Bonchev–Trinajstić information content (AvgIpc) is 2.55. The molecule has 1 saturated heterocycles. The highest BCUT2D eigenvalue weighted by atomic mass is 16.5. The Kier molecular flexibility index (Phi) is 4.68. The van der Waals surface area contributed by atoms with Crippen molar-refractivity contribution in [2.45, 2.75) is 31.9 Å². The second-order valence-corrected chi connectivity index (χ2v) is 5.45. The number of para-hydroxylation sites is 1. The third-order valence-corrected chi connectivity index (χ3v) is 3.91. The Hall–Kier alpha value is -1.65. The minimum atomic E-state index is 0.355. The van der Waals surface area contributed by atoms with Crippen LogP contribution in [0, 0.1) is 0 Å². The van der Waals surface area contributed by atoms with Crippen LogP contribution in [-0.2, 0) is 11.3 Å². The highest BCUT2D eigenvalue weighted by Gasteiger charge is 2.13. The molecule has 1 aliphatic rings. The second kappa shape index (κ2) is 6.87. The lowest BCUT2D eigenvalue weighted by molar-refractivity contribution is 0.0167. The molecule has 1 fully saturated rings. The zero-order valence-corrected chi connectivity index (χ0v) is 12.5. The van der Waals surface area contributed by atoms with Crippen LogP contribution < -0.4 is 10.1 Å².